The highest BCUT2D eigenvalue weighted by Gasteiger charge is 2.18. The van der Waals surface area contributed by atoms with Crippen LogP contribution >= 0.6 is 0 Å². The van der Waals surface area contributed by atoms with E-state index in [1.165, 1.54) is 18.2 Å². The monoisotopic (exact) mass is 378 g/mol. The van der Waals surface area contributed by atoms with Gasteiger partial charge in [-0.25, -0.2) is 16.8 Å². The van der Waals surface area contributed by atoms with E-state index in [2.05, 4.69) is 5.32 Å². The molecular formula is C17H18N2O4S2. The SMILES string of the molecule is Cn1ccc2ccc(Nc3ccc(S(C)(=O)=O)cc3S(C)(=O)=O)cc21. The Labute approximate surface area is 146 Å². The molecule has 2 aromatic carbocycles. The van der Waals surface area contributed by atoms with Gasteiger partial charge in [-0.2, -0.15) is 0 Å². The third kappa shape index (κ3) is 3.54. The molecule has 1 N–H and O–H groups in total. The average Bonchev–Trinajstić information content (AvgIpc) is 2.86. The van der Waals surface area contributed by atoms with Gasteiger partial charge in [0.05, 0.1) is 15.5 Å². The minimum absolute atomic E-state index is 0.0311. The average molecular weight is 378 g/mol. The molecule has 0 atom stereocenters. The summed E-state index contributed by atoms with van der Waals surface area (Å²) in [6.07, 6.45) is 4.04. The van der Waals surface area contributed by atoms with Crippen molar-refractivity contribution in [3.8, 4) is 0 Å². The fraction of sp³-hybridized carbons (Fsp3) is 0.176. The number of nitrogens with zero attached hydrogens (tertiary/aromatic N) is 1. The molecular weight excluding hydrogens is 360 g/mol. The minimum Gasteiger partial charge on any atom is -0.354 e. The highest BCUT2D eigenvalue weighted by Crippen LogP contribution is 2.29. The van der Waals surface area contributed by atoms with Gasteiger partial charge in [-0.1, -0.05) is 6.07 Å². The van der Waals surface area contributed by atoms with Crippen molar-refractivity contribution >= 4 is 42.0 Å². The van der Waals surface area contributed by atoms with Gasteiger partial charge < -0.3 is 9.88 Å². The summed E-state index contributed by atoms with van der Waals surface area (Å²) in [5.41, 5.74) is 2.05. The van der Waals surface area contributed by atoms with E-state index >= 15 is 0 Å². The highest BCUT2D eigenvalue weighted by atomic mass is 32.2. The van der Waals surface area contributed by atoms with Crippen LogP contribution in [0.3, 0.4) is 0 Å². The second-order valence-electron chi connectivity index (χ2n) is 6.03. The Morgan fingerprint density at radius 3 is 2.24 bits per heavy atom. The van der Waals surface area contributed by atoms with Gasteiger partial charge in [0.2, 0.25) is 0 Å². The molecule has 0 unspecified atom stereocenters. The molecule has 0 aliphatic carbocycles. The summed E-state index contributed by atoms with van der Waals surface area (Å²) < 4.78 is 49.6. The fourth-order valence-corrected chi connectivity index (χ4v) is 4.22. The summed E-state index contributed by atoms with van der Waals surface area (Å²) in [4.78, 5) is -0.0845. The molecule has 25 heavy (non-hydrogen) atoms. The number of hydrogen-bond donors (Lipinski definition) is 1. The standard InChI is InChI=1S/C17H18N2O4S2/c1-19-9-8-12-4-5-13(10-16(12)19)18-15-7-6-14(24(2,20)21)11-17(15)25(3,22)23/h4-11,18H,1-3H3. The summed E-state index contributed by atoms with van der Waals surface area (Å²) in [5, 5.41) is 4.15. The molecule has 132 valence electrons. The molecule has 0 radical (unpaired) electrons. The molecule has 0 amide bonds. The number of nitrogens with one attached hydrogen (secondary N) is 1. The van der Waals surface area contributed by atoms with Gasteiger partial charge >= 0.3 is 0 Å². The van der Waals surface area contributed by atoms with Crippen molar-refractivity contribution in [2.24, 2.45) is 7.05 Å². The van der Waals surface area contributed by atoms with Crippen LogP contribution in [0.4, 0.5) is 11.4 Å². The number of sulfone groups is 2. The van der Waals surface area contributed by atoms with Crippen molar-refractivity contribution in [3.63, 3.8) is 0 Å². The van der Waals surface area contributed by atoms with E-state index in [1.54, 1.807) is 0 Å². The Kier molecular flexibility index (Phi) is 4.12. The Hall–Kier alpha value is -2.32. The summed E-state index contributed by atoms with van der Waals surface area (Å²) in [7, 11) is -5.18. The zero-order valence-electron chi connectivity index (χ0n) is 14.0. The molecule has 3 aromatic rings. The van der Waals surface area contributed by atoms with Gasteiger partial charge in [-0.3, -0.25) is 0 Å². The van der Waals surface area contributed by atoms with Crippen LogP contribution in [0.2, 0.25) is 0 Å². The predicted molar refractivity (Wildman–Crippen MR) is 98.9 cm³/mol. The first kappa shape index (κ1) is 17.5. The van der Waals surface area contributed by atoms with Crippen LogP contribution in [0.15, 0.2) is 58.5 Å². The van der Waals surface area contributed by atoms with Crippen molar-refractivity contribution in [1.29, 1.82) is 0 Å². The van der Waals surface area contributed by atoms with E-state index < -0.39 is 19.7 Å². The summed E-state index contributed by atoms with van der Waals surface area (Å²) in [6, 6.07) is 11.7. The lowest BCUT2D eigenvalue weighted by Crippen LogP contribution is -2.06. The molecule has 3 rings (SSSR count). The van der Waals surface area contributed by atoms with Crippen LogP contribution in [-0.4, -0.2) is 33.9 Å². The fourth-order valence-electron chi connectivity index (χ4n) is 2.64. The lowest BCUT2D eigenvalue weighted by atomic mass is 10.2. The topological polar surface area (TPSA) is 85.2 Å². The Morgan fingerprint density at radius 1 is 0.880 bits per heavy atom. The van der Waals surface area contributed by atoms with E-state index in [4.69, 9.17) is 0 Å². The molecule has 0 fully saturated rings. The van der Waals surface area contributed by atoms with Crippen LogP contribution in [0, 0.1) is 0 Å². The molecule has 0 aliphatic heterocycles. The third-order valence-corrected chi connectivity index (χ3v) is 6.19. The first-order valence-electron chi connectivity index (χ1n) is 7.42. The second-order valence-corrected chi connectivity index (χ2v) is 10.0. The number of aryl methyl sites for hydroxylation is 1. The van der Waals surface area contributed by atoms with E-state index in [0.717, 1.165) is 23.4 Å². The summed E-state index contributed by atoms with van der Waals surface area (Å²) >= 11 is 0. The number of aromatic nitrogens is 1. The highest BCUT2D eigenvalue weighted by molar-refractivity contribution is 7.91. The smallest absolute Gasteiger partial charge is 0.177 e. The van der Waals surface area contributed by atoms with Gasteiger partial charge in [-0.05, 0) is 41.8 Å². The minimum atomic E-state index is -3.61. The summed E-state index contributed by atoms with van der Waals surface area (Å²) in [6.45, 7) is 0. The zero-order chi connectivity index (χ0) is 18.4. The second kappa shape index (κ2) is 5.89. The number of rotatable bonds is 4. The van der Waals surface area contributed by atoms with E-state index in [1.807, 2.05) is 42.1 Å². The number of hydrogen-bond acceptors (Lipinski definition) is 5. The molecule has 0 saturated heterocycles. The molecule has 1 aromatic heterocycles. The Morgan fingerprint density at radius 2 is 1.60 bits per heavy atom. The first-order chi connectivity index (χ1) is 11.6. The summed E-state index contributed by atoms with van der Waals surface area (Å²) in [5.74, 6) is 0. The number of benzene rings is 2. The van der Waals surface area contributed by atoms with Gasteiger partial charge in [-0.15, -0.1) is 0 Å². The van der Waals surface area contributed by atoms with Crippen LogP contribution in [0.5, 0.6) is 0 Å². The van der Waals surface area contributed by atoms with Gasteiger partial charge in [0.15, 0.2) is 19.7 Å². The zero-order valence-corrected chi connectivity index (χ0v) is 15.6. The normalized spacial score (nSPS) is 12.4. The number of fused-ring (bicyclic) bond motifs is 1. The largest absolute Gasteiger partial charge is 0.354 e. The van der Waals surface area contributed by atoms with Crippen LogP contribution in [0.25, 0.3) is 10.9 Å². The van der Waals surface area contributed by atoms with Gasteiger partial charge in [0, 0.05) is 37.0 Å². The molecule has 0 saturated carbocycles. The first-order valence-corrected chi connectivity index (χ1v) is 11.2. The van der Waals surface area contributed by atoms with Crippen molar-refractivity contribution in [2.45, 2.75) is 9.79 Å². The van der Waals surface area contributed by atoms with Crippen molar-refractivity contribution in [1.82, 2.24) is 4.57 Å². The predicted octanol–water partition coefficient (Wildman–Crippen LogP) is 2.73. The molecule has 0 bridgehead atoms. The van der Waals surface area contributed by atoms with Crippen molar-refractivity contribution < 1.29 is 16.8 Å². The van der Waals surface area contributed by atoms with Crippen LogP contribution in [0.1, 0.15) is 0 Å². The quantitative estimate of drug-likeness (QED) is 0.754. The lowest BCUT2D eigenvalue weighted by Gasteiger charge is -2.13. The molecule has 6 nitrogen and oxygen atoms in total. The van der Waals surface area contributed by atoms with E-state index in [0.29, 0.717) is 11.4 Å². The lowest BCUT2D eigenvalue weighted by molar-refractivity contribution is 0.600. The maximum absolute atomic E-state index is 12.1. The molecule has 8 heteroatoms. The van der Waals surface area contributed by atoms with Gasteiger partial charge in [0.25, 0.3) is 0 Å². The number of anilines is 2. The van der Waals surface area contributed by atoms with Crippen LogP contribution < -0.4 is 5.32 Å². The maximum Gasteiger partial charge on any atom is 0.177 e. The Bertz CT molecular complexity index is 1180. The molecule has 0 aliphatic rings. The molecule has 1 heterocycles. The maximum atomic E-state index is 12.1. The van der Waals surface area contributed by atoms with E-state index in [9.17, 15) is 16.8 Å². The van der Waals surface area contributed by atoms with Gasteiger partial charge in [0.1, 0.15) is 0 Å². The van der Waals surface area contributed by atoms with Crippen LogP contribution in [-0.2, 0) is 26.7 Å². The molecule has 0 spiro atoms. The Balaban J connectivity index is 2.10. The van der Waals surface area contributed by atoms with Crippen molar-refractivity contribution in [3.05, 3.63) is 48.7 Å². The van der Waals surface area contributed by atoms with E-state index in [-0.39, 0.29) is 9.79 Å². The van der Waals surface area contributed by atoms with Crippen molar-refractivity contribution in [2.75, 3.05) is 17.8 Å². The third-order valence-electron chi connectivity index (χ3n) is 3.95.